The molecule has 1 saturated heterocycles. The van der Waals surface area contributed by atoms with Crippen LogP contribution in [0, 0.1) is 0 Å². The number of likely N-dealkylation sites (N-methyl/N-ethyl adjacent to an activating group) is 1. The second-order valence-corrected chi connectivity index (χ2v) is 10.3. The lowest BCUT2D eigenvalue weighted by Gasteiger charge is -2.39. The lowest BCUT2D eigenvalue weighted by molar-refractivity contribution is 0.0697. The van der Waals surface area contributed by atoms with E-state index >= 15 is 0 Å². The van der Waals surface area contributed by atoms with Crippen molar-refractivity contribution in [3.8, 4) is 17.0 Å². The molecule has 172 valence electrons. The van der Waals surface area contributed by atoms with E-state index in [1.54, 1.807) is 6.07 Å². The molecule has 5 heteroatoms. The summed E-state index contributed by atoms with van der Waals surface area (Å²) in [6.07, 6.45) is 8.46. The van der Waals surface area contributed by atoms with Crippen LogP contribution in [0.15, 0.2) is 42.5 Å². The first-order valence-electron chi connectivity index (χ1n) is 12.4. The molecule has 33 heavy (non-hydrogen) atoms. The summed E-state index contributed by atoms with van der Waals surface area (Å²) in [4.78, 5) is 14.4. The van der Waals surface area contributed by atoms with Crippen LogP contribution in [0.1, 0.15) is 66.8 Å². The molecule has 0 amide bonds. The first-order chi connectivity index (χ1) is 16.1. The molecule has 3 heterocycles. The summed E-state index contributed by atoms with van der Waals surface area (Å²) < 4.78 is 9.00. The van der Waals surface area contributed by atoms with E-state index < -0.39 is 5.97 Å². The predicted octanol–water partition coefficient (Wildman–Crippen LogP) is 5.91. The van der Waals surface area contributed by atoms with E-state index in [0.717, 1.165) is 42.8 Å². The van der Waals surface area contributed by atoms with Crippen molar-refractivity contribution in [3.63, 3.8) is 0 Å². The number of hydrogen-bond donors (Lipinski definition) is 1. The van der Waals surface area contributed by atoms with E-state index in [-0.39, 0.29) is 5.54 Å². The first-order valence-corrected chi connectivity index (χ1v) is 12.4. The minimum Gasteiger partial charge on any atom is -0.491 e. The zero-order chi connectivity index (χ0) is 22.6. The molecule has 1 spiro atoms. The fourth-order valence-corrected chi connectivity index (χ4v) is 6.56. The summed E-state index contributed by atoms with van der Waals surface area (Å²) in [5.74, 6) is 0.573. The largest absolute Gasteiger partial charge is 0.491 e. The van der Waals surface area contributed by atoms with Crippen molar-refractivity contribution in [3.05, 3.63) is 53.6 Å². The van der Waals surface area contributed by atoms with Gasteiger partial charge in [0.2, 0.25) is 0 Å². The van der Waals surface area contributed by atoms with E-state index in [9.17, 15) is 9.90 Å². The topological polar surface area (TPSA) is 54.7 Å². The monoisotopic (exact) mass is 444 g/mol. The Morgan fingerprint density at radius 2 is 1.91 bits per heavy atom. The standard InChI is InChI=1S/C28H32N2O3/c1-29-15-7-14-28(29)17-30-23-16-20(27(31)32)12-13-21(23)25(19-8-3-2-4-9-19)26(30)22-10-5-6-11-24(22)33-18-28/h5-6,10-13,16,19H,2-4,7-9,14-15,17-18H2,1H3,(H,31,32)/t28-/m1/s1. The number of rotatable bonds is 2. The van der Waals surface area contributed by atoms with Gasteiger partial charge in [-0.3, -0.25) is 4.90 Å². The number of fused-ring (bicyclic) bond motifs is 5. The van der Waals surface area contributed by atoms with Gasteiger partial charge in [0.25, 0.3) is 0 Å². The SMILES string of the molecule is CN1CCC[C@@]12COc1ccccc1-c1c(C3CCCCC3)c3ccc(C(=O)O)cc3n1C2. The van der Waals surface area contributed by atoms with E-state index in [4.69, 9.17) is 4.74 Å². The number of aromatic carboxylic acids is 1. The number of likely N-dealkylation sites (tertiary alicyclic amines) is 1. The number of para-hydroxylation sites is 1. The van der Waals surface area contributed by atoms with E-state index in [2.05, 4.69) is 46.8 Å². The van der Waals surface area contributed by atoms with Crippen LogP contribution in [-0.2, 0) is 6.54 Å². The van der Waals surface area contributed by atoms with Crippen LogP contribution >= 0.6 is 0 Å². The Hall–Kier alpha value is -2.79. The van der Waals surface area contributed by atoms with Gasteiger partial charge in [-0.05, 0) is 75.0 Å². The lowest BCUT2D eigenvalue weighted by Crippen LogP contribution is -2.50. The number of benzene rings is 2. The maximum Gasteiger partial charge on any atom is 0.335 e. The van der Waals surface area contributed by atoms with Gasteiger partial charge in [0.1, 0.15) is 12.4 Å². The smallest absolute Gasteiger partial charge is 0.335 e. The van der Waals surface area contributed by atoms with Crippen LogP contribution in [0.2, 0.25) is 0 Å². The third-order valence-corrected chi connectivity index (χ3v) is 8.40. The van der Waals surface area contributed by atoms with Gasteiger partial charge < -0.3 is 14.4 Å². The molecule has 3 aromatic rings. The molecule has 1 N–H and O–H groups in total. The third-order valence-electron chi connectivity index (χ3n) is 8.40. The van der Waals surface area contributed by atoms with Crippen LogP contribution < -0.4 is 4.74 Å². The minimum atomic E-state index is -0.867. The Labute approximate surface area is 195 Å². The van der Waals surface area contributed by atoms with Crippen LogP contribution in [0.4, 0.5) is 0 Å². The molecule has 2 fully saturated rings. The number of carbonyl (C=O) groups is 1. The number of ether oxygens (including phenoxy) is 1. The highest BCUT2D eigenvalue weighted by Crippen LogP contribution is 2.48. The average Bonchev–Trinajstić information content (AvgIpc) is 3.34. The van der Waals surface area contributed by atoms with Crippen molar-refractivity contribution >= 4 is 16.9 Å². The third kappa shape index (κ3) is 3.28. The Morgan fingerprint density at radius 1 is 1.09 bits per heavy atom. The highest BCUT2D eigenvalue weighted by atomic mass is 16.5. The van der Waals surface area contributed by atoms with Crippen molar-refractivity contribution in [2.45, 2.75) is 62.9 Å². The minimum absolute atomic E-state index is 0.0860. The van der Waals surface area contributed by atoms with Gasteiger partial charge in [0, 0.05) is 23.0 Å². The fourth-order valence-electron chi connectivity index (χ4n) is 6.56. The molecule has 3 aliphatic rings. The summed E-state index contributed by atoms with van der Waals surface area (Å²) in [5.41, 5.74) is 5.11. The number of carboxylic acids is 1. The Bertz CT molecular complexity index is 1220. The molecule has 0 radical (unpaired) electrons. The number of hydrogen-bond acceptors (Lipinski definition) is 3. The van der Waals surface area contributed by atoms with Gasteiger partial charge in [0.15, 0.2) is 0 Å². The zero-order valence-corrected chi connectivity index (χ0v) is 19.3. The predicted molar refractivity (Wildman–Crippen MR) is 130 cm³/mol. The second-order valence-electron chi connectivity index (χ2n) is 10.3. The summed E-state index contributed by atoms with van der Waals surface area (Å²) in [7, 11) is 2.21. The summed E-state index contributed by atoms with van der Waals surface area (Å²) in [6.45, 7) is 2.53. The molecule has 5 nitrogen and oxygen atoms in total. The molecular weight excluding hydrogens is 412 g/mol. The van der Waals surface area contributed by atoms with Crippen molar-refractivity contribution in [2.75, 3.05) is 20.2 Å². The molecule has 1 saturated carbocycles. The molecular formula is C28H32N2O3. The first kappa shape index (κ1) is 20.8. The van der Waals surface area contributed by atoms with Gasteiger partial charge in [0.05, 0.1) is 16.8 Å². The summed E-state index contributed by atoms with van der Waals surface area (Å²) in [6, 6.07) is 14.2. The summed E-state index contributed by atoms with van der Waals surface area (Å²) in [5, 5.41) is 11.0. The van der Waals surface area contributed by atoms with Crippen molar-refractivity contribution in [2.24, 2.45) is 0 Å². The maximum atomic E-state index is 11.9. The van der Waals surface area contributed by atoms with E-state index in [0.29, 0.717) is 18.1 Å². The van der Waals surface area contributed by atoms with Crippen molar-refractivity contribution in [1.82, 2.24) is 9.47 Å². The van der Waals surface area contributed by atoms with Crippen LogP contribution in [0.3, 0.4) is 0 Å². The molecule has 1 aromatic heterocycles. The van der Waals surface area contributed by atoms with E-state index in [1.165, 1.54) is 48.7 Å². The van der Waals surface area contributed by atoms with Crippen LogP contribution in [-0.4, -0.2) is 46.3 Å². The van der Waals surface area contributed by atoms with Crippen LogP contribution in [0.25, 0.3) is 22.2 Å². The number of aromatic nitrogens is 1. The van der Waals surface area contributed by atoms with Crippen molar-refractivity contribution < 1.29 is 14.6 Å². The quantitative estimate of drug-likeness (QED) is 0.534. The second kappa shape index (κ2) is 7.91. The summed E-state index contributed by atoms with van der Waals surface area (Å²) >= 11 is 0. The Balaban J connectivity index is 1.68. The average molecular weight is 445 g/mol. The number of nitrogens with zero attached hydrogens (tertiary/aromatic N) is 2. The normalized spacial score (nSPS) is 23.7. The molecule has 6 rings (SSSR count). The van der Waals surface area contributed by atoms with Gasteiger partial charge in [-0.25, -0.2) is 4.79 Å². The van der Waals surface area contributed by atoms with Crippen LogP contribution in [0.5, 0.6) is 5.75 Å². The molecule has 2 aliphatic heterocycles. The number of carboxylic acid groups (broad SMARTS) is 1. The Morgan fingerprint density at radius 3 is 2.67 bits per heavy atom. The van der Waals surface area contributed by atoms with Gasteiger partial charge in [-0.2, -0.15) is 0 Å². The zero-order valence-electron chi connectivity index (χ0n) is 19.3. The van der Waals surface area contributed by atoms with Gasteiger partial charge >= 0.3 is 5.97 Å². The maximum absolute atomic E-state index is 11.9. The van der Waals surface area contributed by atoms with Gasteiger partial charge in [-0.15, -0.1) is 0 Å². The molecule has 1 atom stereocenters. The lowest BCUT2D eigenvalue weighted by atomic mass is 9.81. The molecule has 2 aromatic carbocycles. The Kier molecular flexibility index (Phi) is 4.98. The fraction of sp³-hybridized carbons (Fsp3) is 0.464. The molecule has 1 aliphatic carbocycles. The van der Waals surface area contributed by atoms with Crippen molar-refractivity contribution in [1.29, 1.82) is 0 Å². The molecule has 0 bridgehead atoms. The molecule has 0 unspecified atom stereocenters. The van der Waals surface area contributed by atoms with E-state index in [1.807, 2.05) is 6.07 Å². The highest BCUT2D eigenvalue weighted by molar-refractivity contribution is 5.98. The highest BCUT2D eigenvalue weighted by Gasteiger charge is 2.43. The van der Waals surface area contributed by atoms with Gasteiger partial charge in [-0.1, -0.05) is 37.5 Å².